The highest BCUT2D eigenvalue weighted by molar-refractivity contribution is 6.31. The summed E-state index contributed by atoms with van der Waals surface area (Å²) in [5.74, 6) is 0.246. The summed E-state index contributed by atoms with van der Waals surface area (Å²) >= 11 is 6.24. The Morgan fingerprint density at radius 3 is 2.86 bits per heavy atom. The van der Waals surface area contributed by atoms with Crippen LogP contribution in [0.1, 0.15) is 23.6 Å². The molecule has 7 nitrogen and oxygen atoms in total. The zero-order valence-electron chi connectivity index (χ0n) is 15.6. The number of pyridine rings is 1. The topological polar surface area (TPSA) is 92.4 Å². The van der Waals surface area contributed by atoms with Gasteiger partial charge in [0.2, 0.25) is 5.91 Å². The summed E-state index contributed by atoms with van der Waals surface area (Å²) in [6.07, 6.45) is 1.69. The first-order chi connectivity index (χ1) is 13.5. The van der Waals surface area contributed by atoms with Crippen LogP contribution in [0.5, 0.6) is 0 Å². The first-order valence-corrected chi connectivity index (χ1v) is 9.52. The van der Waals surface area contributed by atoms with Gasteiger partial charge in [0, 0.05) is 24.3 Å². The standard InChI is InChI=1S/C20H23ClN4O3/c1-13-7-8-16(24-11-13)22-9-4-10-23-20(27)19-18(25-17(26)12-28-19)14-5-2-3-6-15(14)21/h2-3,5-8,11,18-19H,4,9-10,12H2,1H3,(H,22,24)(H,23,27)(H,25,26)/t18-,19+/m1/s1. The van der Waals surface area contributed by atoms with Crippen molar-refractivity contribution >= 4 is 29.2 Å². The molecule has 1 aliphatic heterocycles. The molecule has 2 aromatic rings. The lowest BCUT2D eigenvalue weighted by Gasteiger charge is -2.32. The fourth-order valence-corrected chi connectivity index (χ4v) is 3.19. The van der Waals surface area contributed by atoms with Crippen LogP contribution in [0.25, 0.3) is 0 Å². The molecular formula is C20H23ClN4O3. The second kappa shape index (κ2) is 9.52. The zero-order valence-corrected chi connectivity index (χ0v) is 16.3. The molecule has 0 bridgehead atoms. The first-order valence-electron chi connectivity index (χ1n) is 9.14. The maximum atomic E-state index is 12.6. The molecule has 0 spiro atoms. The quantitative estimate of drug-likeness (QED) is 0.617. The van der Waals surface area contributed by atoms with Crippen LogP contribution in [0, 0.1) is 6.92 Å². The highest BCUT2D eigenvalue weighted by Gasteiger charge is 2.36. The first kappa shape index (κ1) is 20.1. The third-order valence-electron chi connectivity index (χ3n) is 4.38. The van der Waals surface area contributed by atoms with Gasteiger partial charge in [0.1, 0.15) is 12.4 Å². The van der Waals surface area contributed by atoms with Gasteiger partial charge in [-0.25, -0.2) is 4.98 Å². The number of aryl methyl sites for hydroxylation is 1. The molecule has 2 heterocycles. The number of hydrogen-bond acceptors (Lipinski definition) is 5. The Balaban J connectivity index is 1.51. The van der Waals surface area contributed by atoms with E-state index in [-0.39, 0.29) is 18.4 Å². The lowest BCUT2D eigenvalue weighted by Crippen LogP contribution is -2.52. The van der Waals surface area contributed by atoms with Gasteiger partial charge in [0.25, 0.3) is 5.91 Å². The van der Waals surface area contributed by atoms with Crippen LogP contribution < -0.4 is 16.0 Å². The van der Waals surface area contributed by atoms with Gasteiger partial charge >= 0.3 is 0 Å². The molecule has 0 saturated carbocycles. The molecule has 1 aromatic heterocycles. The predicted molar refractivity (Wildman–Crippen MR) is 107 cm³/mol. The Kier molecular flexibility index (Phi) is 6.84. The van der Waals surface area contributed by atoms with Gasteiger partial charge < -0.3 is 20.7 Å². The van der Waals surface area contributed by atoms with Crippen molar-refractivity contribution in [3.8, 4) is 0 Å². The van der Waals surface area contributed by atoms with Gasteiger partial charge in [-0.2, -0.15) is 0 Å². The lowest BCUT2D eigenvalue weighted by molar-refractivity contribution is -0.148. The second-order valence-corrected chi connectivity index (χ2v) is 7.00. The van der Waals surface area contributed by atoms with E-state index in [1.165, 1.54) is 0 Å². The van der Waals surface area contributed by atoms with E-state index in [4.69, 9.17) is 16.3 Å². The number of hydrogen-bond donors (Lipinski definition) is 3. The average molecular weight is 403 g/mol. The summed E-state index contributed by atoms with van der Waals surface area (Å²) in [6, 6.07) is 10.4. The normalized spacial score (nSPS) is 19.0. The van der Waals surface area contributed by atoms with E-state index >= 15 is 0 Å². The van der Waals surface area contributed by atoms with Gasteiger partial charge in [-0.1, -0.05) is 35.9 Å². The molecule has 28 heavy (non-hydrogen) atoms. The van der Waals surface area contributed by atoms with E-state index in [9.17, 15) is 9.59 Å². The number of nitrogens with zero attached hydrogens (tertiary/aromatic N) is 1. The molecule has 1 saturated heterocycles. The summed E-state index contributed by atoms with van der Waals surface area (Å²) in [4.78, 5) is 28.6. The fourth-order valence-electron chi connectivity index (χ4n) is 2.94. The van der Waals surface area contributed by atoms with Crippen LogP contribution in [0.4, 0.5) is 5.82 Å². The van der Waals surface area contributed by atoms with Gasteiger partial charge in [0.05, 0.1) is 6.04 Å². The molecule has 0 unspecified atom stereocenters. The van der Waals surface area contributed by atoms with E-state index in [0.717, 1.165) is 17.8 Å². The number of aromatic nitrogens is 1. The number of halogens is 1. The Morgan fingerprint density at radius 2 is 2.11 bits per heavy atom. The second-order valence-electron chi connectivity index (χ2n) is 6.59. The highest BCUT2D eigenvalue weighted by Crippen LogP contribution is 2.28. The molecule has 148 valence electrons. The maximum absolute atomic E-state index is 12.6. The summed E-state index contributed by atoms with van der Waals surface area (Å²) in [5, 5.41) is 9.35. The van der Waals surface area contributed by atoms with Crippen molar-refractivity contribution in [3.63, 3.8) is 0 Å². The number of anilines is 1. The van der Waals surface area contributed by atoms with Gasteiger partial charge in [0.15, 0.2) is 6.10 Å². The molecule has 1 aromatic carbocycles. The number of carbonyl (C=O) groups is 2. The number of carbonyl (C=O) groups excluding carboxylic acids is 2. The van der Waals surface area contributed by atoms with E-state index < -0.39 is 12.1 Å². The van der Waals surface area contributed by atoms with Crippen LogP contribution >= 0.6 is 11.6 Å². The van der Waals surface area contributed by atoms with Crippen molar-refractivity contribution in [2.45, 2.75) is 25.5 Å². The summed E-state index contributed by atoms with van der Waals surface area (Å²) < 4.78 is 5.50. The Bertz CT molecular complexity index is 828. The molecule has 2 amide bonds. The zero-order chi connectivity index (χ0) is 19.9. The smallest absolute Gasteiger partial charge is 0.251 e. The van der Waals surface area contributed by atoms with Crippen LogP contribution in [0.2, 0.25) is 5.02 Å². The van der Waals surface area contributed by atoms with Crippen LogP contribution in [0.3, 0.4) is 0 Å². The molecular weight excluding hydrogens is 380 g/mol. The van der Waals surface area contributed by atoms with Gasteiger partial charge in [-0.05, 0) is 36.6 Å². The molecule has 2 atom stereocenters. The van der Waals surface area contributed by atoms with Crippen molar-refractivity contribution in [3.05, 3.63) is 58.7 Å². The molecule has 3 N–H and O–H groups in total. The minimum Gasteiger partial charge on any atom is -0.370 e. The number of amides is 2. The highest BCUT2D eigenvalue weighted by atomic mass is 35.5. The maximum Gasteiger partial charge on any atom is 0.251 e. The fraction of sp³-hybridized carbons (Fsp3) is 0.350. The third kappa shape index (κ3) is 5.21. The SMILES string of the molecule is Cc1ccc(NCCCNC(=O)[C@H]2OCC(=O)N[C@@H]2c2ccccc2Cl)nc1. The Labute approximate surface area is 168 Å². The molecule has 1 aliphatic rings. The van der Waals surface area contributed by atoms with E-state index in [2.05, 4.69) is 20.9 Å². The molecule has 0 aliphatic carbocycles. The average Bonchev–Trinajstić information content (AvgIpc) is 2.69. The van der Waals surface area contributed by atoms with E-state index in [0.29, 0.717) is 23.7 Å². The van der Waals surface area contributed by atoms with Gasteiger partial charge in [-0.15, -0.1) is 0 Å². The van der Waals surface area contributed by atoms with Crippen molar-refractivity contribution < 1.29 is 14.3 Å². The van der Waals surface area contributed by atoms with E-state index in [1.54, 1.807) is 24.4 Å². The monoisotopic (exact) mass is 402 g/mol. The van der Waals surface area contributed by atoms with Crippen LogP contribution in [-0.2, 0) is 14.3 Å². The van der Waals surface area contributed by atoms with Crippen molar-refractivity contribution in [2.24, 2.45) is 0 Å². The van der Waals surface area contributed by atoms with Crippen molar-refractivity contribution in [2.75, 3.05) is 25.0 Å². The number of morpholine rings is 1. The molecule has 1 fully saturated rings. The number of nitrogens with one attached hydrogen (secondary N) is 3. The largest absolute Gasteiger partial charge is 0.370 e. The Hall–Kier alpha value is -2.64. The molecule has 3 rings (SSSR count). The number of ether oxygens (including phenoxy) is 1. The van der Waals surface area contributed by atoms with Gasteiger partial charge in [-0.3, -0.25) is 9.59 Å². The van der Waals surface area contributed by atoms with Crippen molar-refractivity contribution in [1.29, 1.82) is 0 Å². The van der Waals surface area contributed by atoms with Crippen molar-refractivity contribution in [1.82, 2.24) is 15.6 Å². The molecule has 0 radical (unpaired) electrons. The minimum absolute atomic E-state index is 0.153. The Morgan fingerprint density at radius 1 is 1.29 bits per heavy atom. The summed E-state index contributed by atoms with van der Waals surface area (Å²) in [7, 11) is 0. The third-order valence-corrected chi connectivity index (χ3v) is 4.73. The summed E-state index contributed by atoms with van der Waals surface area (Å²) in [5.41, 5.74) is 1.76. The number of benzene rings is 1. The van der Waals surface area contributed by atoms with Crippen LogP contribution in [0.15, 0.2) is 42.6 Å². The van der Waals surface area contributed by atoms with Crippen LogP contribution in [-0.4, -0.2) is 42.6 Å². The predicted octanol–water partition coefficient (Wildman–Crippen LogP) is 2.22. The molecule has 8 heteroatoms. The minimum atomic E-state index is -0.829. The number of rotatable bonds is 7. The lowest BCUT2D eigenvalue weighted by atomic mass is 9.99. The van der Waals surface area contributed by atoms with E-state index in [1.807, 2.05) is 25.1 Å². The summed E-state index contributed by atoms with van der Waals surface area (Å²) in [6.45, 7) is 2.98.